The number of hydrogen-bond acceptors (Lipinski definition) is 4. The average Bonchev–Trinajstić information content (AvgIpc) is 3.19. The van der Waals surface area contributed by atoms with Crippen molar-refractivity contribution in [1.29, 1.82) is 0 Å². The first kappa shape index (κ1) is 22.9. The third-order valence-electron chi connectivity index (χ3n) is 6.56. The van der Waals surface area contributed by atoms with Crippen molar-refractivity contribution in [2.75, 3.05) is 20.8 Å². The zero-order chi connectivity index (χ0) is 23.2. The maximum atomic E-state index is 13.5. The second kappa shape index (κ2) is 10.6. The highest BCUT2D eigenvalue weighted by Gasteiger charge is 2.39. The van der Waals surface area contributed by atoms with Gasteiger partial charge < -0.3 is 19.7 Å². The van der Waals surface area contributed by atoms with Crippen molar-refractivity contribution in [2.24, 2.45) is 0 Å². The monoisotopic (exact) mass is 448 g/mol. The molecule has 0 radical (unpaired) electrons. The van der Waals surface area contributed by atoms with Gasteiger partial charge in [0.05, 0.1) is 14.2 Å². The van der Waals surface area contributed by atoms with Gasteiger partial charge in [0, 0.05) is 18.7 Å². The Hall–Kier alpha value is -3.28. The van der Waals surface area contributed by atoms with Crippen molar-refractivity contribution in [1.82, 2.24) is 10.2 Å². The molecule has 2 aromatic carbocycles. The molecule has 33 heavy (non-hydrogen) atoms. The van der Waals surface area contributed by atoms with Gasteiger partial charge in [-0.2, -0.15) is 0 Å². The number of methoxy groups -OCH3 is 2. The molecule has 1 saturated carbocycles. The van der Waals surface area contributed by atoms with E-state index in [2.05, 4.69) is 5.32 Å². The van der Waals surface area contributed by atoms with E-state index >= 15 is 0 Å². The third-order valence-corrected chi connectivity index (χ3v) is 6.56. The quantitative estimate of drug-likeness (QED) is 0.663. The van der Waals surface area contributed by atoms with Crippen LogP contribution in [0.2, 0.25) is 0 Å². The highest BCUT2D eigenvalue weighted by molar-refractivity contribution is 6.10. The first-order valence-electron chi connectivity index (χ1n) is 11.7. The minimum absolute atomic E-state index is 0.0878. The van der Waals surface area contributed by atoms with Gasteiger partial charge in [-0.1, -0.05) is 55.7 Å². The molecule has 1 heterocycles. The molecule has 4 rings (SSSR count). The van der Waals surface area contributed by atoms with Gasteiger partial charge >= 0.3 is 0 Å². The number of ether oxygens (including phenoxy) is 2. The van der Waals surface area contributed by atoms with E-state index in [1.807, 2.05) is 48.5 Å². The molecule has 174 valence electrons. The normalized spacial score (nSPS) is 18.7. The van der Waals surface area contributed by atoms with E-state index in [-0.39, 0.29) is 17.9 Å². The summed E-state index contributed by atoms with van der Waals surface area (Å²) < 4.78 is 10.7. The van der Waals surface area contributed by atoms with Crippen LogP contribution in [0.15, 0.2) is 54.6 Å². The van der Waals surface area contributed by atoms with E-state index in [0.717, 1.165) is 42.4 Å². The molecule has 0 spiro atoms. The molecule has 1 aliphatic heterocycles. The molecule has 1 unspecified atom stereocenters. The Kier molecular flexibility index (Phi) is 7.33. The number of hydrogen-bond donors (Lipinski definition) is 1. The van der Waals surface area contributed by atoms with Crippen LogP contribution < -0.4 is 14.8 Å². The molecule has 0 saturated heterocycles. The molecule has 2 aromatic rings. The Morgan fingerprint density at radius 1 is 1.00 bits per heavy atom. The Bertz CT molecular complexity index is 1010. The molecule has 0 bridgehead atoms. The smallest absolute Gasteiger partial charge is 0.247 e. The van der Waals surface area contributed by atoms with E-state index < -0.39 is 6.04 Å². The number of nitrogens with one attached hydrogen (secondary N) is 1. The van der Waals surface area contributed by atoms with Crippen LogP contribution in [0, 0.1) is 0 Å². The molecule has 6 nitrogen and oxygen atoms in total. The van der Waals surface area contributed by atoms with Crippen LogP contribution in [0.1, 0.15) is 43.2 Å². The van der Waals surface area contributed by atoms with Crippen LogP contribution in [0.25, 0.3) is 5.57 Å². The first-order valence-corrected chi connectivity index (χ1v) is 11.7. The molecular formula is C27H32N2O4. The number of amides is 2. The van der Waals surface area contributed by atoms with Crippen LogP contribution in [-0.4, -0.2) is 49.6 Å². The number of benzene rings is 2. The molecule has 1 fully saturated rings. The predicted octanol–water partition coefficient (Wildman–Crippen LogP) is 3.99. The summed E-state index contributed by atoms with van der Waals surface area (Å²) in [6.07, 6.45) is 7.73. The van der Waals surface area contributed by atoms with Gasteiger partial charge in [-0.05, 0) is 48.1 Å². The van der Waals surface area contributed by atoms with Gasteiger partial charge in [0.2, 0.25) is 11.8 Å². The number of carbonyl (C=O) groups is 2. The predicted molar refractivity (Wildman–Crippen MR) is 128 cm³/mol. The van der Waals surface area contributed by atoms with Crippen molar-refractivity contribution in [3.8, 4) is 11.5 Å². The molecule has 1 aliphatic carbocycles. The third kappa shape index (κ3) is 5.21. The second-order valence-corrected chi connectivity index (χ2v) is 8.68. The van der Waals surface area contributed by atoms with Crippen molar-refractivity contribution in [2.45, 2.75) is 50.6 Å². The molecular weight excluding hydrogens is 416 g/mol. The second-order valence-electron chi connectivity index (χ2n) is 8.68. The molecule has 2 amide bonds. The standard InChI is InChI=1S/C27H32N2O4/c1-32-23-14-13-19(17-24(23)33-2)15-16-29-25(30)18-22(20-9-5-3-6-10-20)26(29)27(31)28-21-11-7-4-8-12-21/h3,5-6,9-10,13-14,17-18,21,26H,4,7-8,11-12,15-16H2,1-2H3,(H,28,31). The van der Waals surface area contributed by atoms with Gasteiger partial charge in [0.1, 0.15) is 6.04 Å². The summed E-state index contributed by atoms with van der Waals surface area (Å²) in [5, 5.41) is 3.23. The van der Waals surface area contributed by atoms with Gasteiger partial charge in [-0.15, -0.1) is 0 Å². The Labute approximate surface area is 195 Å². The van der Waals surface area contributed by atoms with E-state index in [0.29, 0.717) is 24.5 Å². The summed E-state index contributed by atoms with van der Waals surface area (Å²) in [5.74, 6) is 1.10. The maximum absolute atomic E-state index is 13.5. The summed E-state index contributed by atoms with van der Waals surface area (Å²) in [5.41, 5.74) is 2.68. The highest BCUT2D eigenvalue weighted by Crippen LogP contribution is 2.31. The first-order chi connectivity index (χ1) is 16.1. The molecule has 1 atom stereocenters. The van der Waals surface area contributed by atoms with E-state index in [4.69, 9.17) is 9.47 Å². The van der Waals surface area contributed by atoms with Crippen molar-refractivity contribution in [3.63, 3.8) is 0 Å². The summed E-state index contributed by atoms with van der Waals surface area (Å²) in [6.45, 7) is 0.434. The zero-order valence-electron chi connectivity index (χ0n) is 19.4. The molecule has 6 heteroatoms. The van der Waals surface area contributed by atoms with E-state index in [1.54, 1.807) is 25.2 Å². The van der Waals surface area contributed by atoms with Crippen LogP contribution in [-0.2, 0) is 16.0 Å². The zero-order valence-corrected chi connectivity index (χ0v) is 19.4. The average molecular weight is 449 g/mol. The van der Waals surface area contributed by atoms with Crippen LogP contribution in [0.5, 0.6) is 11.5 Å². The Morgan fingerprint density at radius 2 is 1.73 bits per heavy atom. The van der Waals surface area contributed by atoms with Gasteiger partial charge in [-0.25, -0.2) is 0 Å². The fourth-order valence-electron chi connectivity index (χ4n) is 4.80. The number of carbonyl (C=O) groups excluding carboxylic acids is 2. The summed E-state index contributed by atoms with van der Waals surface area (Å²) in [7, 11) is 3.21. The summed E-state index contributed by atoms with van der Waals surface area (Å²) >= 11 is 0. The lowest BCUT2D eigenvalue weighted by atomic mass is 9.94. The minimum Gasteiger partial charge on any atom is -0.493 e. The fraction of sp³-hybridized carbons (Fsp3) is 0.407. The number of nitrogens with zero attached hydrogens (tertiary/aromatic N) is 1. The van der Waals surface area contributed by atoms with E-state index in [1.165, 1.54) is 6.42 Å². The molecule has 2 aliphatic rings. The lowest BCUT2D eigenvalue weighted by Crippen LogP contribution is -2.50. The Morgan fingerprint density at radius 3 is 2.42 bits per heavy atom. The largest absolute Gasteiger partial charge is 0.493 e. The van der Waals surface area contributed by atoms with Crippen molar-refractivity contribution < 1.29 is 19.1 Å². The number of rotatable bonds is 8. The van der Waals surface area contributed by atoms with Crippen molar-refractivity contribution in [3.05, 3.63) is 65.7 Å². The summed E-state index contributed by atoms with van der Waals surface area (Å²) in [6, 6.07) is 15.0. The summed E-state index contributed by atoms with van der Waals surface area (Å²) in [4.78, 5) is 28.2. The van der Waals surface area contributed by atoms with Gasteiger partial charge in [-0.3, -0.25) is 9.59 Å². The van der Waals surface area contributed by atoms with Gasteiger partial charge in [0.15, 0.2) is 11.5 Å². The van der Waals surface area contributed by atoms with Crippen LogP contribution in [0.3, 0.4) is 0 Å². The fourth-order valence-corrected chi connectivity index (χ4v) is 4.80. The lowest BCUT2D eigenvalue weighted by molar-refractivity contribution is -0.134. The van der Waals surface area contributed by atoms with E-state index in [9.17, 15) is 9.59 Å². The topological polar surface area (TPSA) is 67.9 Å². The minimum atomic E-state index is -0.623. The Balaban J connectivity index is 1.54. The lowest BCUT2D eigenvalue weighted by Gasteiger charge is -2.30. The SMILES string of the molecule is COc1ccc(CCN2C(=O)C=C(c3ccccc3)C2C(=O)NC2CCCCC2)cc1OC. The molecule has 1 N–H and O–H groups in total. The molecule has 0 aromatic heterocycles. The van der Waals surface area contributed by atoms with Crippen molar-refractivity contribution >= 4 is 17.4 Å². The van der Waals surface area contributed by atoms with Crippen LogP contribution >= 0.6 is 0 Å². The van der Waals surface area contributed by atoms with Gasteiger partial charge in [0.25, 0.3) is 0 Å². The highest BCUT2D eigenvalue weighted by atomic mass is 16.5. The van der Waals surface area contributed by atoms with Crippen LogP contribution in [0.4, 0.5) is 0 Å². The maximum Gasteiger partial charge on any atom is 0.247 e.